The van der Waals surface area contributed by atoms with Gasteiger partial charge in [-0.15, -0.1) is 0 Å². The second kappa shape index (κ2) is 9.03. The lowest BCUT2D eigenvalue weighted by molar-refractivity contribution is -0.166. The number of hydrogen-bond acceptors (Lipinski definition) is 4. The molecule has 0 aromatic carbocycles. The van der Waals surface area contributed by atoms with E-state index in [9.17, 15) is 9.59 Å². The van der Waals surface area contributed by atoms with Crippen molar-refractivity contribution in [2.45, 2.75) is 65.9 Å². The van der Waals surface area contributed by atoms with Crippen LogP contribution in [0.5, 0.6) is 0 Å². The number of carbonyl (C=O) groups is 2. The van der Waals surface area contributed by atoms with Gasteiger partial charge in [-0.25, -0.2) is 0 Å². The largest absolute Gasteiger partial charge is 0.460 e. The van der Waals surface area contributed by atoms with Crippen LogP contribution in [0.3, 0.4) is 0 Å². The van der Waals surface area contributed by atoms with E-state index in [4.69, 9.17) is 9.47 Å². The summed E-state index contributed by atoms with van der Waals surface area (Å²) in [6, 6.07) is 0. The minimum Gasteiger partial charge on any atom is -0.460 e. The first-order chi connectivity index (χ1) is 9.58. The van der Waals surface area contributed by atoms with Crippen LogP contribution in [0.1, 0.15) is 60.3 Å². The summed E-state index contributed by atoms with van der Waals surface area (Å²) in [4.78, 5) is 23.7. The van der Waals surface area contributed by atoms with Crippen molar-refractivity contribution in [3.05, 3.63) is 0 Å². The molecule has 0 radical (unpaired) electrons. The van der Waals surface area contributed by atoms with Gasteiger partial charge >= 0.3 is 5.97 Å². The highest BCUT2D eigenvalue weighted by atomic mass is 16.6. The number of ether oxygens (including phenoxy) is 2. The lowest BCUT2D eigenvalue weighted by Gasteiger charge is -2.28. The van der Waals surface area contributed by atoms with E-state index >= 15 is 0 Å². The zero-order valence-corrected chi connectivity index (χ0v) is 14.4. The van der Waals surface area contributed by atoms with Gasteiger partial charge in [0, 0.05) is 26.7 Å². The summed E-state index contributed by atoms with van der Waals surface area (Å²) in [6.45, 7) is 10.4. The van der Waals surface area contributed by atoms with E-state index in [1.165, 1.54) is 0 Å². The van der Waals surface area contributed by atoms with E-state index in [-0.39, 0.29) is 11.9 Å². The van der Waals surface area contributed by atoms with Crippen LogP contribution in [0.15, 0.2) is 0 Å². The van der Waals surface area contributed by atoms with Gasteiger partial charge in [0.25, 0.3) is 0 Å². The SMILES string of the molecule is COCCCCC(=O)NCCC(C)(C)C(=O)OC(C)(C)C. The summed E-state index contributed by atoms with van der Waals surface area (Å²) < 4.78 is 10.3. The molecule has 0 aliphatic heterocycles. The molecule has 5 nitrogen and oxygen atoms in total. The fourth-order valence-electron chi connectivity index (χ4n) is 1.65. The maximum absolute atomic E-state index is 12.1. The third kappa shape index (κ3) is 10.3. The van der Waals surface area contributed by atoms with Gasteiger partial charge < -0.3 is 14.8 Å². The van der Waals surface area contributed by atoms with Crippen LogP contribution in [0.25, 0.3) is 0 Å². The molecule has 0 unspecified atom stereocenters. The Morgan fingerprint density at radius 2 is 1.67 bits per heavy atom. The summed E-state index contributed by atoms with van der Waals surface area (Å²) in [6.07, 6.45) is 2.75. The van der Waals surface area contributed by atoms with Crippen LogP contribution in [0, 0.1) is 5.41 Å². The third-order valence-electron chi connectivity index (χ3n) is 3.03. The summed E-state index contributed by atoms with van der Waals surface area (Å²) in [5, 5.41) is 2.85. The monoisotopic (exact) mass is 301 g/mol. The second-order valence-corrected chi connectivity index (χ2v) is 6.94. The lowest BCUT2D eigenvalue weighted by Crippen LogP contribution is -2.36. The number of hydrogen-bond donors (Lipinski definition) is 1. The van der Waals surface area contributed by atoms with E-state index < -0.39 is 11.0 Å². The first-order valence-electron chi connectivity index (χ1n) is 7.57. The highest BCUT2D eigenvalue weighted by Crippen LogP contribution is 2.24. The summed E-state index contributed by atoms with van der Waals surface area (Å²) in [5.74, 6) is -0.213. The molecule has 1 amide bonds. The van der Waals surface area contributed by atoms with Crippen molar-refractivity contribution >= 4 is 11.9 Å². The Morgan fingerprint density at radius 1 is 1.05 bits per heavy atom. The maximum Gasteiger partial charge on any atom is 0.312 e. The number of nitrogens with one attached hydrogen (secondary N) is 1. The van der Waals surface area contributed by atoms with E-state index in [0.29, 0.717) is 26.0 Å². The minimum atomic E-state index is -0.601. The molecule has 0 rings (SSSR count). The van der Waals surface area contributed by atoms with E-state index in [1.54, 1.807) is 7.11 Å². The zero-order chi connectivity index (χ0) is 16.5. The molecule has 0 aliphatic carbocycles. The quantitative estimate of drug-likeness (QED) is 0.525. The van der Waals surface area contributed by atoms with Crippen LogP contribution >= 0.6 is 0 Å². The van der Waals surface area contributed by atoms with Gasteiger partial charge in [0.1, 0.15) is 5.60 Å². The normalized spacial score (nSPS) is 12.1. The Kier molecular flexibility index (Phi) is 8.55. The van der Waals surface area contributed by atoms with Gasteiger partial charge in [-0.1, -0.05) is 0 Å². The topological polar surface area (TPSA) is 64.6 Å². The molecule has 1 N–H and O–H groups in total. The Labute approximate surface area is 128 Å². The lowest BCUT2D eigenvalue weighted by atomic mass is 9.89. The Morgan fingerprint density at radius 3 is 2.19 bits per heavy atom. The van der Waals surface area contributed by atoms with Crippen molar-refractivity contribution in [3.63, 3.8) is 0 Å². The van der Waals surface area contributed by atoms with Crippen molar-refractivity contribution < 1.29 is 19.1 Å². The van der Waals surface area contributed by atoms with Gasteiger partial charge in [-0.3, -0.25) is 9.59 Å². The van der Waals surface area contributed by atoms with Crippen molar-refractivity contribution in [2.24, 2.45) is 5.41 Å². The van der Waals surface area contributed by atoms with Crippen molar-refractivity contribution in [3.8, 4) is 0 Å². The molecule has 0 fully saturated rings. The highest BCUT2D eigenvalue weighted by Gasteiger charge is 2.32. The van der Waals surface area contributed by atoms with Gasteiger partial charge in [0.15, 0.2) is 0 Å². The molecule has 5 heteroatoms. The number of esters is 1. The highest BCUT2D eigenvalue weighted by molar-refractivity contribution is 5.77. The first kappa shape index (κ1) is 19.9. The van der Waals surface area contributed by atoms with E-state index in [0.717, 1.165) is 12.8 Å². The number of amides is 1. The molecule has 21 heavy (non-hydrogen) atoms. The molecule has 0 saturated heterocycles. The first-order valence-corrected chi connectivity index (χ1v) is 7.57. The van der Waals surface area contributed by atoms with Crippen molar-refractivity contribution in [2.75, 3.05) is 20.3 Å². The average Bonchev–Trinajstić information content (AvgIpc) is 2.32. The number of methoxy groups -OCH3 is 1. The van der Waals surface area contributed by atoms with Crippen molar-refractivity contribution in [1.29, 1.82) is 0 Å². The molecule has 0 bridgehead atoms. The predicted octanol–water partition coefficient (Wildman–Crippen LogP) is 2.68. The Hall–Kier alpha value is -1.10. The molecular formula is C16H31NO4. The molecule has 0 aliphatic rings. The summed E-state index contributed by atoms with van der Waals surface area (Å²) >= 11 is 0. The third-order valence-corrected chi connectivity index (χ3v) is 3.03. The number of rotatable bonds is 9. The number of carbonyl (C=O) groups excluding carboxylic acids is 2. The van der Waals surface area contributed by atoms with Crippen LogP contribution < -0.4 is 5.32 Å². The average molecular weight is 301 g/mol. The molecule has 0 aromatic rings. The van der Waals surface area contributed by atoms with Crippen LogP contribution in [0.4, 0.5) is 0 Å². The molecule has 0 atom stereocenters. The number of unbranched alkanes of at least 4 members (excludes halogenated alkanes) is 1. The zero-order valence-electron chi connectivity index (χ0n) is 14.4. The maximum atomic E-state index is 12.1. The summed E-state index contributed by atoms with van der Waals surface area (Å²) in [5.41, 5.74) is -1.09. The van der Waals surface area contributed by atoms with Crippen LogP contribution in [-0.4, -0.2) is 37.7 Å². The van der Waals surface area contributed by atoms with E-state index in [2.05, 4.69) is 5.32 Å². The second-order valence-electron chi connectivity index (χ2n) is 6.94. The van der Waals surface area contributed by atoms with Gasteiger partial charge in [0.2, 0.25) is 5.91 Å². The van der Waals surface area contributed by atoms with Gasteiger partial charge in [0.05, 0.1) is 5.41 Å². The van der Waals surface area contributed by atoms with Crippen molar-refractivity contribution in [1.82, 2.24) is 5.32 Å². The molecule has 0 saturated carbocycles. The van der Waals surface area contributed by atoms with Crippen LogP contribution in [-0.2, 0) is 19.1 Å². The molecular weight excluding hydrogens is 270 g/mol. The van der Waals surface area contributed by atoms with Gasteiger partial charge in [-0.2, -0.15) is 0 Å². The molecule has 124 valence electrons. The Bertz CT molecular complexity index is 332. The predicted molar refractivity (Wildman–Crippen MR) is 83.0 cm³/mol. The molecule has 0 heterocycles. The fraction of sp³-hybridized carbons (Fsp3) is 0.875. The molecule has 0 spiro atoms. The van der Waals surface area contributed by atoms with E-state index in [1.807, 2.05) is 34.6 Å². The fourth-order valence-corrected chi connectivity index (χ4v) is 1.65. The standard InChI is InChI=1S/C16H31NO4/c1-15(2,3)21-14(19)16(4,5)10-11-17-13(18)9-7-8-12-20-6/h7-12H2,1-6H3,(H,17,18). The van der Waals surface area contributed by atoms with Crippen LogP contribution in [0.2, 0.25) is 0 Å². The summed E-state index contributed by atoms with van der Waals surface area (Å²) in [7, 11) is 1.65. The Balaban J connectivity index is 3.98. The van der Waals surface area contributed by atoms with Gasteiger partial charge in [-0.05, 0) is 53.9 Å². The smallest absolute Gasteiger partial charge is 0.312 e. The minimum absolute atomic E-state index is 0.0195. The molecule has 0 aromatic heterocycles.